The number of methoxy groups -OCH3 is 1. The van der Waals surface area contributed by atoms with E-state index in [1.165, 1.54) is 5.19 Å². The fraction of sp³-hybridized carbons (Fsp3) is 0.475. The number of amides is 3. The van der Waals surface area contributed by atoms with Gasteiger partial charge in [-0.1, -0.05) is 67.7 Å². The minimum atomic E-state index is -2.42. The van der Waals surface area contributed by atoms with E-state index >= 15 is 4.79 Å². The summed E-state index contributed by atoms with van der Waals surface area (Å²) in [7, 11) is -0.764. The molecule has 3 N–H and O–H groups in total. The molecule has 3 fully saturated rings. The number of nitrogens with zero attached hydrogens (tertiary/aromatic N) is 2. The van der Waals surface area contributed by atoms with E-state index in [0.29, 0.717) is 13.1 Å². The maximum atomic E-state index is 15.0. The molecule has 1 spiro atoms. The van der Waals surface area contributed by atoms with E-state index in [9.17, 15) is 14.7 Å². The molecule has 51 heavy (non-hydrogen) atoms. The number of ether oxygens (including phenoxy) is 2. The largest absolute Gasteiger partial charge is 0.497 e. The molecule has 6 atom stereocenters. The Hall–Kier alpha value is -4.03. The summed E-state index contributed by atoms with van der Waals surface area (Å²) in [6.07, 6.45) is 3.14. The second kappa shape index (κ2) is 14.2. The highest BCUT2D eigenvalue weighted by molar-refractivity contribution is 6.91. The highest BCUT2D eigenvalue weighted by atomic mass is 28.3. The predicted octanol–water partition coefficient (Wildman–Crippen LogP) is 4.52. The third-order valence-corrected chi connectivity index (χ3v) is 16.3. The smallest absolute Gasteiger partial charge is 0.264 e. The van der Waals surface area contributed by atoms with Crippen LogP contribution in [0.4, 0.5) is 11.4 Å². The van der Waals surface area contributed by atoms with E-state index in [2.05, 4.69) is 42.8 Å². The van der Waals surface area contributed by atoms with Gasteiger partial charge in [0, 0.05) is 23.7 Å². The second-order valence-electron chi connectivity index (χ2n) is 15.2. The van der Waals surface area contributed by atoms with E-state index < -0.39 is 19.8 Å². The lowest BCUT2D eigenvalue weighted by molar-refractivity contribution is -0.150. The van der Waals surface area contributed by atoms with Crippen molar-refractivity contribution in [2.24, 2.45) is 5.92 Å². The molecule has 270 valence electrons. The molecule has 10 nitrogen and oxygen atoms in total. The molecule has 0 radical (unpaired) electrons. The summed E-state index contributed by atoms with van der Waals surface area (Å²) in [6, 6.07) is 23.4. The molecule has 3 amide bonds. The van der Waals surface area contributed by atoms with Crippen molar-refractivity contribution in [1.29, 1.82) is 0 Å². The van der Waals surface area contributed by atoms with Crippen LogP contribution in [-0.2, 0) is 31.3 Å². The van der Waals surface area contributed by atoms with Crippen LogP contribution >= 0.6 is 0 Å². The molecule has 4 heterocycles. The first-order valence-electron chi connectivity index (χ1n) is 18.4. The van der Waals surface area contributed by atoms with Gasteiger partial charge in [0.05, 0.1) is 58.6 Å². The van der Waals surface area contributed by atoms with Crippen LogP contribution in [0.25, 0.3) is 0 Å². The Kier molecular flexibility index (Phi) is 9.83. The van der Waals surface area contributed by atoms with Gasteiger partial charge in [-0.25, -0.2) is 0 Å². The van der Waals surface area contributed by atoms with Crippen LogP contribution < -0.4 is 25.5 Å². The zero-order chi connectivity index (χ0) is 35.9. The predicted molar refractivity (Wildman–Crippen MR) is 200 cm³/mol. The molecule has 4 aliphatic heterocycles. The average Bonchev–Trinajstić information content (AvgIpc) is 3.94. The van der Waals surface area contributed by atoms with Crippen LogP contribution in [-0.4, -0.2) is 80.8 Å². The van der Waals surface area contributed by atoms with E-state index in [1.807, 2.05) is 70.5 Å². The molecule has 0 bridgehead atoms. The van der Waals surface area contributed by atoms with Crippen LogP contribution in [0.1, 0.15) is 50.2 Å². The summed E-state index contributed by atoms with van der Waals surface area (Å²) in [5.41, 5.74) is 1.97. The second-order valence-corrected chi connectivity index (χ2v) is 19.9. The minimum absolute atomic E-state index is 0.0291. The maximum absolute atomic E-state index is 15.0. The van der Waals surface area contributed by atoms with Gasteiger partial charge >= 0.3 is 0 Å². The fourth-order valence-corrected chi connectivity index (χ4v) is 13.3. The Morgan fingerprint density at radius 1 is 1.04 bits per heavy atom. The molecule has 0 aromatic heterocycles. The molecule has 4 aliphatic rings. The summed E-state index contributed by atoms with van der Waals surface area (Å²) >= 11 is 0. The average molecular weight is 711 g/mol. The summed E-state index contributed by atoms with van der Waals surface area (Å²) < 4.78 is 12.6. The van der Waals surface area contributed by atoms with Gasteiger partial charge in [-0.2, -0.15) is 0 Å². The Balaban J connectivity index is 1.20. The molecule has 0 saturated carbocycles. The number of para-hydroxylation sites is 1. The summed E-state index contributed by atoms with van der Waals surface area (Å²) in [5.74, 6) is 0.375. The van der Waals surface area contributed by atoms with Crippen LogP contribution in [0.3, 0.4) is 0 Å². The van der Waals surface area contributed by atoms with Gasteiger partial charge < -0.3 is 35.0 Å². The van der Waals surface area contributed by atoms with Gasteiger partial charge in [-0.3, -0.25) is 14.4 Å². The molecule has 0 aliphatic carbocycles. The number of nitrogens with one attached hydrogen (secondary N) is 2. The number of hydrogen-bond acceptors (Lipinski definition) is 7. The summed E-state index contributed by atoms with van der Waals surface area (Å²) in [4.78, 5) is 45.3. The van der Waals surface area contributed by atoms with E-state index in [1.54, 1.807) is 7.11 Å². The normalized spacial score (nSPS) is 27.3. The minimum Gasteiger partial charge on any atom is -0.497 e. The number of fused-ring (bicyclic) bond motifs is 2. The monoisotopic (exact) mass is 710 g/mol. The zero-order valence-corrected chi connectivity index (χ0v) is 31.1. The third kappa shape index (κ3) is 6.28. The van der Waals surface area contributed by atoms with Gasteiger partial charge in [-0.15, -0.1) is 0 Å². The topological polar surface area (TPSA) is 120 Å². The van der Waals surface area contributed by atoms with E-state index in [4.69, 9.17) is 9.47 Å². The van der Waals surface area contributed by atoms with E-state index in [-0.39, 0.29) is 54.3 Å². The number of carbonyl (C=O) groups excluding carboxylic acids is 3. The summed E-state index contributed by atoms with van der Waals surface area (Å²) in [5, 5.41) is 17.5. The van der Waals surface area contributed by atoms with E-state index in [0.717, 1.165) is 60.5 Å². The van der Waals surface area contributed by atoms with Gasteiger partial charge in [0.15, 0.2) is 5.60 Å². The van der Waals surface area contributed by atoms with Crippen molar-refractivity contribution in [3.8, 4) is 5.75 Å². The van der Waals surface area contributed by atoms with Gasteiger partial charge in [0.25, 0.3) is 5.91 Å². The van der Waals surface area contributed by atoms with Crippen LogP contribution in [0.2, 0.25) is 18.6 Å². The number of benzene rings is 3. The number of anilines is 2. The van der Waals surface area contributed by atoms with Gasteiger partial charge in [-0.05, 0) is 73.7 Å². The van der Waals surface area contributed by atoms with Crippen molar-refractivity contribution < 1.29 is 29.0 Å². The lowest BCUT2D eigenvalue weighted by atomic mass is 9.82. The lowest BCUT2D eigenvalue weighted by Gasteiger charge is -2.37. The van der Waals surface area contributed by atoms with Gasteiger partial charge in [0.1, 0.15) is 5.75 Å². The standard InChI is InChI=1S/C40H50N4O6Si/c1-26-37(51(3,4)31-19-17-30(49-2)18-20-31)35(23-36(46)43-22-8-9-29(43)25-45)50-40(26)32-10-5-6-12-34(32)44(39(40)48)24-27-13-15-28(16-14-27)42-38(47)33-11-7-21-41-33/h5-6,10,12-20,26,29,33,35,37,41,45H,7-9,11,21-25H2,1-4H3,(H,42,47)/t26-,29+,33-,35+,37-,40+/m1/s1. The number of hydrogen-bond donors (Lipinski definition) is 3. The highest BCUT2D eigenvalue weighted by Crippen LogP contribution is 2.60. The quantitative estimate of drug-likeness (QED) is 0.265. The molecular weight excluding hydrogens is 661 g/mol. The van der Waals surface area contributed by atoms with Crippen LogP contribution in [0.5, 0.6) is 5.75 Å². The van der Waals surface area contributed by atoms with Crippen molar-refractivity contribution in [3.63, 3.8) is 0 Å². The molecular formula is C40H50N4O6Si. The highest BCUT2D eigenvalue weighted by Gasteiger charge is 2.66. The van der Waals surface area contributed by atoms with Crippen molar-refractivity contribution in [2.75, 3.05) is 37.0 Å². The van der Waals surface area contributed by atoms with Gasteiger partial charge in [0.2, 0.25) is 11.8 Å². The molecule has 0 unspecified atom stereocenters. The Morgan fingerprint density at radius 3 is 2.47 bits per heavy atom. The maximum Gasteiger partial charge on any atom is 0.264 e. The first-order valence-corrected chi connectivity index (χ1v) is 21.4. The first kappa shape index (κ1) is 35.4. The zero-order valence-electron chi connectivity index (χ0n) is 30.1. The number of rotatable bonds is 10. The van der Waals surface area contributed by atoms with Crippen molar-refractivity contribution >= 4 is 42.4 Å². The Labute approximate surface area is 301 Å². The fourth-order valence-electron chi connectivity index (χ4n) is 9.28. The molecule has 7 rings (SSSR count). The number of carbonyl (C=O) groups is 3. The van der Waals surface area contributed by atoms with Crippen molar-refractivity contribution in [3.05, 3.63) is 83.9 Å². The summed E-state index contributed by atoms with van der Waals surface area (Å²) in [6.45, 7) is 8.52. The molecule has 3 aromatic rings. The first-order chi connectivity index (χ1) is 24.6. The molecule has 3 aromatic carbocycles. The van der Waals surface area contributed by atoms with Crippen LogP contribution in [0, 0.1) is 5.92 Å². The van der Waals surface area contributed by atoms with Crippen molar-refractivity contribution in [2.45, 2.75) is 88.0 Å². The SMILES string of the molecule is COc1ccc([Si](C)(C)[C@H]2[C@H](CC(=O)N3CCC[C@H]3CO)O[C@@]3(C(=O)N(Cc4ccc(NC(=O)[C@H]5CCCN5)cc4)c4ccccc43)[C@@H]2C)cc1. The lowest BCUT2D eigenvalue weighted by Crippen LogP contribution is -2.52. The number of aliphatic hydroxyl groups is 1. The van der Waals surface area contributed by atoms with Crippen molar-refractivity contribution in [1.82, 2.24) is 10.2 Å². The molecule has 11 heteroatoms. The number of aliphatic hydroxyl groups excluding tert-OH is 1. The third-order valence-electron chi connectivity index (χ3n) is 12.0. The number of likely N-dealkylation sites (tertiary alicyclic amines) is 1. The van der Waals surface area contributed by atoms with Crippen LogP contribution in [0.15, 0.2) is 72.8 Å². The Morgan fingerprint density at radius 2 is 1.78 bits per heavy atom. The molecule has 3 saturated heterocycles. The Bertz CT molecular complexity index is 1760.